The van der Waals surface area contributed by atoms with Crippen molar-refractivity contribution in [2.24, 2.45) is 0 Å². The standard InChI is InChI=1S/C15H10F4N4O3S/c16-10-2-1-3-12(7-10)27(25,26)23-11-5-8(13-20-14(24)22-21-13)4-9(6-11)15(17,18)19/h1-7,23H,(H2,20,21,22,24). The lowest BCUT2D eigenvalue weighted by Gasteiger charge is -2.13. The average Bonchev–Trinajstić information content (AvgIpc) is 3.00. The first-order chi connectivity index (χ1) is 12.5. The summed E-state index contributed by atoms with van der Waals surface area (Å²) in [7, 11) is -4.35. The highest BCUT2D eigenvalue weighted by atomic mass is 32.2. The van der Waals surface area contributed by atoms with E-state index in [1.165, 1.54) is 0 Å². The summed E-state index contributed by atoms with van der Waals surface area (Å²) in [6.07, 6.45) is -4.79. The van der Waals surface area contributed by atoms with E-state index in [-0.39, 0.29) is 11.4 Å². The minimum absolute atomic E-state index is 0.180. The van der Waals surface area contributed by atoms with E-state index in [0.717, 1.165) is 30.3 Å². The van der Waals surface area contributed by atoms with Crippen LogP contribution in [0.5, 0.6) is 0 Å². The first kappa shape index (κ1) is 18.6. The van der Waals surface area contributed by atoms with Crippen LogP contribution < -0.4 is 10.4 Å². The molecule has 0 aliphatic carbocycles. The fourth-order valence-electron chi connectivity index (χ4n) is 2.24. The highest BCUT2D eigenvalue weighted by molar-refractivity contribution is 7.92. The lowest BCUT2D eigenvalue weighted by atomic mass is 10.1. The van der Waals surface area contributed by atoms with Crippen LogP contribution in [0.2, 0.25) is 0 Å². The van der Waals surface area contributed by atoms with E-state index in [9.17, 15) is 30.8 Å². The molecule has 0 bridgehead atoms. The summed E-state index contributed by atoms with van der Waals surface area (Å²) in [4.78, 5) is 12.9. The largest absolute Gasteiger partial charge is 0.416 e. The average molecular weight is 402 g/mol. The molecular weight excluding hydrogens is 392 g/mol. The van der Waals surface area contributed by atoms with Crippen LogP contribution in [0.1, 0.15) is 5.56 Å². The molecule has 12 heteroatoms. The van der Waals surface area contributed by atoms with E-state index in [4.69, 9.17) is 0 Å². The van der Waals surface area contributed by atoms with Gasteiger partial charge in [0.15, 0.2) is 5.82 Å². The van der Waals surface area contributed by atoms with Gasteiger partial charge in [0.25, 0.3) is 10.0 Å². The van der Waals surface area contributed by atoms with Crippen LogP contribution in [0.4, 0.5) is 23.2 Å². The van der Waals surface area contributed by atoms with Gasteiger partial charge in [-0.15, -0.1) is 0 Å². The van der Waals surface area contributed by atoms with Crippen LogP contribution in [0.3, 0.4) is 0 Å². The number of nitrogens with one attached hydrogen (secondary N) is 3. The Labute approximate surface area is 149 Å². The smallest absolute Gasteiger partial charge is 0.289 e. The molecule has 0 fully saturated rings. The number of nitrogens with zero attached hydrogens (tertiary/aromatic N) is 1. The van der Waals surface area contributed by atoms with Gasteiger partial charge in [0.2, 0.25) is 0 Å². The van der Waals surface area contributed by atoms with Crippen molar-refractivity contribution in [3.8, 4) is 11.4 Å². The molecule has 0 atom stereocenters. The zero-order chi connectivity index (χ0) is 19.8. The second kappa shape index (κ2) is 6.54. The summed E-state index contributed by atoms with van der Waals surface area (Å²) < 4.78 is 79.3. The van der Waals surface area contributed by atoms with Crippen molar-refractivity contribution < 1.29 is 26.0 Å². The van der Waals surface area contributed by atoms with Crippen molar-refractivity contribution in [3.05, 3.63) is 64.3 Å². The molecule has 0 aliphatic rings. The quantitative estimate of drug-likeness (QED) is 0.583. The molecule has 0 unspecified atom stereocenters. The predicted molar refractivity (Wildman–Crippen MR) is 86.9 cm³/mol. The number of rotatable bonds is 4. The van der Waals surface area contributed by atoms with Crippen LogP contribution in [0.15, 0.2) is 52.2 Å². The van der Waals surface area contributed by atoms with Gasteiger partial charge in [-0.05, 0) is 36.4 Å². The Bertz CT molecular complexity index is 1150. The number of sulfonamides is 1. The third-order valence-electron chi connectivity index (χ3n) is 3.39. The number of alkyl halides is 3. The van der Waals surface area contributed by atoms with E-state index in [2.05, 4.69) is 10.1 Å². The second-order valence-corrected chi connectivity index (χ2v) is 7.07. The Morgan fingerprint density at radius 3 is 2.41 bits per heavy atom. The van der Waals surface area contributed by atoms with Crippen LogP contribution in [0, 0.1) is 5.82 Å². The Morgan fingerprint density at radius 2 is 1.81 bits per heavy atom. The van der Waals surface area contributed by atoms with E-state index in [0.29, 0.717) is 12.1 Å². The maximum absolute atomic E-state index is 13.3. The highest BCUT2D eigenvalue weighted by Gasteiger charge is 2.32. The summed E-state index contributed by atoms with van der Waals surface area (Å²) in [6, 6.07) is 6.31. The summed E-state index contributed by atoms with van der Waals surface area (Å²) in [5.74, 6) is -1.03. The van der Waals surface area contributed by atoms with Crippen molar-refractivity contribution in [1.82, 2.24) is 15.2 Å². The molecule has 7 nitrogen and oxygen atoms in total. The van der Waals surface area contributed by atoms with Gasteiger partial charge in [0.1, 0.15) is 5.82 Å². The molecule has 3 rings (SSSR count). The fourth-order valence-corrected chi connectivity index (χ4v) is 3.31. The zero-order valence-electron chi connectivity index (χ0n) is 13.1. The van der Waals surface area contributed by atoms with Gasteiger partial charge >= 0.3 is 11.9 Å². The maximum atomic E-state index is 13.3. The fraction of sp³-hybridized carbons (Fsp3) is 0.0667. The number of aromatic nitrogens is 3. The van der Waals surface area contributed by atoms with Crippen LogP contribution in [-0.4, -0.2) is 23.6 Å². The molecular formula is C15H10F4N4O3S. The molecule has 1 aromatic heterocycles. The number of aromatic amines is 2. The topological polar surface area (TPSA) is 108 Å². The van der Waals surface area contributed by atoms with Gasteiger partial charge in [-0.3, -0.25) is 9.71 Å². The van der Waals surface area contributed by atoms with Crippen LogP contribution in [0.25, 0.3) is 11.4 Å². The van der Waals surface area contributed by atoms with Crippen molar-refractivity contribution in [2.75, 3.05) is 4.72 Å². The molecule has 2 aromatic carbocycles. The molecule has 0 saturated carbocycles. The minimum atomic E-state index is -4.79. The Kier molecular flexibility index (Phi) is 4.51. The monoisotopic (exact) mass is 402 g/mol. The number of hydrogen-bond acceptors (Lipinski definition) is 4. The molecule has 1 heterocycles. The molecule has 0 radical (unpaired) electrons. The molecule has 0 saturated heterocycles. The molecule has 0 aliphatic heterocycles. The Balaban J connectivity index is 2.08. The Morgan fingerprint density at radius 1 is 1.07 bits per heavy atom. The molecule has 3 aromatic rings. The second-order valence-electron chi connectivity index (χ2n) is 5.39. The van der Waals surface area contributed by atoms with Gasteiger partial charge in [0.05, 0.1) is 16.1 Å². The lowest BCUT2D eigenvalue weighted by Crippen LogP contribution is -2.14. The summed E-state index contributed by atoms with van der Waals surface area (Å²) >= 11 is 0. The number of halogens is 4. The van der Waals surface area contributed by atoms with E-state index < -0.39 is 43.9 Å². The normalized spacial score (nSPS) is 12.1. The first-order valence-electron chi connectivity index (χ1n) is 7.20. The predicted octanol–water partition coefficient (Wildman–Crippen LogP) is 2.72. The van der Waals surface area contributed by atoms with Crippen molar-refractivity contribution >= 4 is 15.7 Å². The minimum Gasteiger partial charge on any atom is -0.289 e. The highest BCUT2D eigenvalue weighted by Crippen LogP contribution is 2.34. The summed E-state index contributed by atoms with van der Waals surface area (Å²) in [5.41, 5.74) is -2.53. The SMILES string of the molecule is O=c1[nH]nc(-c2cc(NS(=O)(=O)c3cccc(F)c3)cc(C(F)(F)F)c2)[nH]1. The Hall–Kier alpha value is -3.15. The van der Waals surface area contributed by atoms with Crippen molar-refractivity contribution in [1.29, 1.82) is 0 Å². The number of anilines is 1. The summed E-state index contributed by atoms with van der Waals surface area (Å²) in [5, 5.41) is 5.53. The van der Waals surface area contributed by atoms with E-state index in [1.807, 2.05) is 9.82 Å². The van der Waals surface area contributed by atoms with Crippen LogP contribution >= 0.6 is 0 Å². The van der Waals surface area contributed by atoms with Gasteiger partial charge in [-0.1, -0.05) is 6.07 Å². The van der Waals surface area contributed by atoms with Gasteiger partial charge in [-0.25, -0.2) is 22.7 Å². The lowest BCUT2D eigenvalue weighted by molar-refractivity contribution is -0.137. The number of hydrogen-bond donors (Lipinski definition) is 3. The third-order valence-corrected chi connectivity index (χ3v) is 4.77. The maximum Gasteiger partial charge on any atom is 0.416 e. The van der Waals surface area contributed by atoms with Gasteiger partial charge < -0.3 is 0 Å². The molecule has 27 heavy (non-hydrogen) atoms. The first-order valence-corrected chi connectivity index (χ1v) is 8.69. The summed E-state index contributed by atoms with van der Waals surface area (Å²) in [6.45, 7) is 0. The van der Waals surface area contributed by atoms with Crippen molar-refractivity contribution in [2.45, 2.75) is 11.1 Å². The zero-order valence-corrected chi connectivity index (χ0v) is 14.0. The molecule has 0 spiro atoms. The number of H-pyrrole nitrogens is 2. The van der Waals surface area contributed by atoms with Gasteiger partial charge in [0, 0.05) is 5.56 Å². The molecule has 142 valence electrons. The van der Waals surface area contributed by atoms with Gasteiger partial charge in [-0.2, -0.15) is 18.3 Å². The van der Waals surface area contributed by atoms with Crippen molar-refractivity contribution in [3.63, 3.8) is 0 Å². The van der Waals surface area contributed by atoms with Crippen LogP contribution in [-0.2, 0) is 16.2 Å². The molecule has 0 amide bonds. The molecule has 3 N–H and O–H groups in total. The third kappa shape index (κ3) is 4.16. The van der Waals surface area contributed by atoms with E-state index in [1.54, 1.807) is 0 Å². The van der Waals surface area contributed by atoms with E-state index >= 15 is 0 Å². The number of benzene rings is 2.